The van der Waals surface area contributed by atoms with E-state index < -0.39 is 0 Å². The summed E-state index contributed by atoms with van der Waals surface area (Å²) in [5.74, 6) is 4.02. The van der Waals surface area contributed by atoms with Crippen molar-refractivity contribution >= 4 is 0 Å². The van der Waals surface area contributed by atoms with Gasteiger partial charge in [0, 0.05) is 6.04 Å². The molecule has 3 saturated carbocycles. The molecule has 3 aliphatic carbocycles. The predicted molar refractivity (Wildman–Crippen MR) is 79.1 cm³/mol. The first kappa shape index (κ1) is 12.0. The molecule has 0 unspecified atom stereocenters. The molecule has 0 spiro atoms. The van der Waals surface area contributed by atoms with Crippen LogP contribution in [-0.2, 0) is 0 Å². The van der Waals surface area contributed by atoms with Crippen LogP contribution in [0.25, 0.3) is 0 Å². The smallest absolute Gasteiger partial charge is 0.00788 e. The lowest BCUT2D eigenvalue weighted by Gasteiger charge is -2.37. The number of rotatable bonds is 6. The van der Waals surface area contributed by atoms with Crippen LogP contribution in [0.4, 0.5) is 0 Å². The Morgan fingerprint density at radius 2 is 1.58 bits per heavy atom. The highest BCUT2D eigenvalue weighted by molar-refractivity contribution is 5.22. The minimum atomic E-state index is 0.796. The van der Waals surface area contributed by atoms with Crippen LogP contribution in [0.2, 0.25) is 0 Å². The van der Waals surface area contributed by atoms with E-state index in [2.05, 4.69) is 35.6 Å². The van der Waals surface area contributed by atoms with Gasteiger partial charge in [-0.2, -0.15) is 0 Å². The maximum atomic E-state index is 3.86. The van der Waals surface area contributed by atoms with Crippen LogP contribution < -0.4 is 5.32 Å². The summed E-state index contributed by atoms with van der Waals surface area (Å²) in [5, 5.41) is 3.86. The fraction of sp³-hybridized carbons (Fsp3) is 0.667. The Morgan fingerprint density at radius 3 is 2.16 bits per heavy atom. The van der Waals surface area contributed by atoms with Crippen molar-refractivity contribution in [1.82, 2.24) is 5.32 Å². The molecule has 0 heterocycles. The second-order valence-electron chi connectivity index (χ2n) is 7.02. The molecule has 19 heavy (non-hydrogen) atoms. The molecule has 0 atom stereocenters. The van der Waals surface area contributed by atoms with E-state index >= 15 is 0 Å². The van der Waals surface area contributed by atoms with Crippen LogP contribution >= 0.6 is 0 Å². The average Bonchev–Trinajstić information content (AvgIpc) is 3.26. The SMILES string of the molecule is c1ccc(C2CC(NCC(C3CC3)C3CC3)C2)cc1. The van der Waals surface area contributed by atoms with Crippen molar-refractivity contribution in [1.29, 1.82) is 0 Å². The number of hydrogen-bond donors (Lipinski definition) is 1. The zero-order chi connectivity index (χ0) is 12.7. The van der Waals surface area contributed by atoms with Crippen molar-refractivity contribution < 1.29 is 0 Å². The Morgan fingerprint density at radius 1 is 0.947 bits per heavy atom. The number of nitrogens with one attached hydrogen (secondary N) is 1. The molecule has 1 heteroatoms. The normalized spacial score (nSPS) is 30.4. The fourth-order valence-electron chi connectivity index (χ4n) is 3.85. The minimum absolute atomic E-state index is 0.796. The van der Waals surface area contributed by atoms with Gasteiger partial charge in [0.25, 0.3) is 0 Å². The van der Waals surface area contributed by atoms with Crippen molar-refractivity contribution in [3.05, 3.63) is 35.9 Å². The van der Waals surface area contributed by atoms with Crippen LogP contribution in [0.1, 0.15) is 50.0 Å². The molecule has 0 radical (unpaired) electrons. The second-order valence-corrected chi connectivity index (χ2v) is 7.02. The molecule has 1 aromatic rings. The van der Waals surface area contributed by atoms with Crippen LogP contribution in [0.3, 0.4) is 0 Å². The zero-order valence-electron chi connectivity index (χ0n) is 11.7. The molecule has 4 rings (SSSR count). The highest BCUT2D eigenvalue weighted by Crippen LogP contribution is 2.49. The third kappa shape index (κ3) is 2.72. The maximum absolute atomic E-state index is 3.86. The summed E-state index contributed by atoms with van der Waals surface area (Å²) in [6.07, 6.45) is 8.76. The van der Waals surface area contributed by atoms with Crippen LogP contribution in [-0.4, -0.2) is 12.6 Å². The second kappa shape index (κ2) is 4.94. The van der Waals surface area contributed by atoms with Gasteiger partial charge in [-0.25, -0.2) is 0 Å². The molecule has 1 aromatic carbocycles. The van der Waals surface area contributed by atoms with E-state index in [0.717, 1.165) is 29.7 Å². The lowest BCUT2D eigenvalue weighted by Crippen LogP contribution is -2.42. The van der Waals surface area contributed by atoms with Gasteiger partial charge in [-0.05, 0) is 74.3 Å². The van der Waals surface area contributed by atoms with E-state index in [1.165, 1.54) is 45.1 Å². The Bertz CT molecular complexity index is 401. The van der Waals surface area contributed by atoms with Crippen LogP contribution in [0, 0.1) is 17.8 Å². The molecule has 3 fully saturated rings. The summed E-state index contributed by atoms with van der Waals surface area (Å²) < 4.78 is 0. The summed E-state index contributed by atoms with van der Waals surface area (Å²) in [6, 6.07) is 11.8. The predicted octanol–water partition coefficient (Wildman–Crippen LogP) is 3.96. The quantitative estimate of drug-likeness (QED) is 0.811. The van der Waals surface area contributed by atoms with Crippen LogP contribution in [0.5, 0.6) is 0 Å². The Labute approximate surface area is 116 Å². The summed E-state index contributed by atoms with van der Waals surface area (Å²) >= 11 is 0. The van der Waals surface area contributed by atoms with Gasteiger partial charge < -0.3 is 5.32 Å². The number of hydrogen-bond acceptors (Lipinski definition) is 1. The van der Waals surface area contributed by atoms with Crippen molar-refractivity contribution in [2.75, 3.05) is 6.54 Å². The third-order valence-electron chi connectivity index (χ3n) is 5.51. The van der Waals surface area contributed by atoms with Crippen molar-refractivity contribution in [2.24, 2.45) is 17.8 Å². The van der Waals surface area contributed by atoms with E-state index in [4.69, 9.17) is 0 Å². The standard InChI is InChI=1S/C18H25N/c1-2-4-13(5-3-1)16-10-17(11-16)19-12-18(14-6-7-14)15-8-9-15/h1-5,14-19H,6-12H2. The molecular weight excluding hydrogens is 230 g/mol. The average molecular weight is 255 g/mol. The molecule has 1 nitrogen and oxygen atoms in total. The molecule has 0 bridgehead atoms. The first-order valence-electron chi connectivity index (χ1n) is 8.18. The summed E-state index contributed by atoms with van der Waals surface area (Å²) in [7, 11) is 0. The minimum Gasteiger partial charge on any atom is -0.314 e. The topological polar surface area (TPSA) is 12.0 Å². The molecule has 0 aliphatic heterocycles. The largest absolute Gasteiger partial charge is 0.314 e. The first-order chi connectivity index (χ1) is 9.40. The van der Waals surface area contributed by atoms with Gasteiger partial charge >= 0.3 is 0 Å². The van der Waals surface area contributed by atoms with Gasteiger partial charge in [0.05, 0.1) is 0 Å². The van der Waals surface area contributed by atoms with Crippen molar-refractivity contribution in [2.45, 2.75) is 50.5 Å². The van der Waals surface area contributed by atoms with E-state index in [9.17, 15) is 0 Å². The highest BCUT2D eigenvalue weighted by atomic mass is 14.9. The molecule has 0 amide bonds. The van der Waals surface area contributed by atoms with Crippen molar-refractivity contribution in [3.8, 4) is 0 Å². The van der Waals surface area contributed by atoms with E-state index in [1.807, 2.05) is 0 Å². The monoisotopic (exact) mass is 255 g/mol. The van der Waals surface area contributed by atoms with Gasteiger partial charge in [0.1, 0.15) is 0 Å². The summed E-state index contributed by atoms with van der Waals surface area (Å²) in [4.78, 5) is 0. The zero-order valence-corrected chi connectivity index (χ0v) is 11.7. The van der Waals surface area contributed by atoms with Gasteiger partial charge in [0.2, 0.25) is 0 Å². The molecular formula is C18H25N. The lowest BCUT2D eigenvalue weighted by atomic mass is 9.75. The van der Waals surface area contributed by atoms with Gasteiger partial charge in [-0.1, -0.05) is 30.3 Å². The maximum Gasteiger partial charge on any atom is 0.00788 e. The van der Waals surface area contributed by atoms with E-state index in [-0.39, 0.29) is 0 Å². The van der Waals surface area contributed by atoms with Gasteiger partial charge in [0.15, 0.2) is 0 Å². The Kier molecular flexibility index (Phi) is 3.11. The van der Waals surface area contributed by atoms with Crippen molar-refractivity contribution in [3.63, 3.8) is 0 Å². The lowest BCUT2D eigenvalue weighted by molar-refractivity contribution is 0.259. The summed E-state index contributed by atoms with van der Waals surface area (Å²) in [5.41, 5.74) is 1.54. The molecule has 3 aliphatic rings. The molecule has 0 saturated heterocycles. The third-order valence-corrected chi connectivity index (χ3v) is 5.51. The highest BCUT2D eigenvalue weighted by Gasteiger charge is 2.41. The van der Waals surface area contributed by atoms with E-state index in [1.54, 1.807) is 5.56 Å². The molecule has 0 aromatic heterocycles. The molecule has 1 N–H and O–H groups in total. The summed E-state index contributed by atoms with van der Waals surface area (Å²) in [6.45, 7) is 1.31. The number of benzene rings is 1. The fourth-order valence-corrected chi connectivity index (χ4v) is 3.85. The van der Waals surface area contributed by atoms with Gasteiger partial charge in [-0.15, -0.1) is 0 Å². The molecule has 102 valence electrons. The Hall–Kier alpha value is -0.820. The Balaban J connectivity index is 1.23. The first-order valence-corrected chi connectivity index (χ1v) is 8.18. The van der Waals surface area contributed by atoms with E-state index in [0.29, 0.717) is 0 Å². The van der Waals surface area contributed by atoms with Gasteiger partial charge in [-0.3, -0.25) is 0 Å². The van der Waals surface area contributed by atoms with Crippen LogP contribution in [0.15, 0.2) is 30.3 Å².